The quantitative estimate of drug-likeness (QED) is 0.609. The summed E-state index contributed by atoms with van der Waals surface area (Å²) in [5.41, 5.74) is 2.72. The highest BCUT2D eigenvalue weighted by molar-refractivity contribution is 6.15. The average Bonchev–Trinajstić information content (AvgIpc) is 2.77. The minimum absolute atomic E-state index is 0.0632. The SMILES string of the molecule is CCOc1cc(C)c(/C=C2/NC(=O)N(CC(=O)O)C2=O)cc1C(C)C. The molecular weight excluding hydrogens is 324 g/mol. The van der Waals surface area contributed by atoms with Gasteiger partial charge in [0.05, 0.1) is 6.61 Å². The molecule has 0 unspecified atom stereocenters. The van der Waals surface area contributed by atoms with Crippen molar-refractivity contribution in [2.45, 2.75) is 33.6 Å². The van der Waals surface area contributed by atoms with E-state index in [1.807, 2.05) is 39.8 Å². The highest BCUT2D eigenvalue weighted by Gasteiger charge is 2.35. The number of imide groups is 1. The Morgan fingerprint density at radius 2 is 2.04 bits per heavy atom. The molecule has 2 rings (SSSR count). The van der Waals surface area contributed by atoms with Crippen LogP contribution in [-0.2, 0) is 9.59 Å². The molecule has 1 aromatic rings. The van der Waals surface area contributed by atoms with Crippen molar-refractivity contribution in [3.05, 3.63) is 34.5 Å². The summed E-state index contributed by atoms with van der Waals surface area (Å²) in [5.74, 6) is -0.876. The molecular formula is C18H22N2O5. The van der Waals surface area contributed by atoms with E-state index in [0.717, 1.165) is 22.4 Å². The topological polar surface area (TPSA) is 95.9 Å². The summed E-state index contributed by atoms with van der Waals surface area (Å²) in [6, 6.07) is 3.10. The first-order valence-corrected chi connectivity index (χ1v) is 8.08. The molecule has 1 aliphatic heterocycles. The van der Waals surface area contributed by atoms with Crippen LogP contribution in [-0.4, -0.2) is 41.1 Å². The number of amides is 3. The van der Waals surface area contributed by atoms with Crippen LogP contribution in [0.5, 0.6) is 5.75 Å². The summed E-state index contributed by atoms with van der Waals surface area (Å²) in [7, 11) is 0. The molecule has 0 spiro atoms. The van der Waals surface area contributed by atoms with Crippen molar-refractivity contribution in [3.63, 3.8) is 0 Å². The van der Waals surface area contributed by atoms with E-state index in [0.29, 0.717) is 11.5 Å². The number of aliphatic carboxylic acids is 1. The number of carbonyl (C=O) groups excluding carboxylic acids is 2. The second-order valence-electron chi connectivity index (χ2n) is 6.11. The molecule has 1 heterocycles. The standard InChI is InChI=1S/C18H22N2O5/c1-5-25-15-6-11(4)12(7-13(15)10(2)3)8-14-17(23)20(9-16(21)22)18(24)19-14/h6-8,10H,5,9H2,1-4H3,(H,19,24)(H,21,22)/b14-8+. The van der Waals surface area contributed by atoms with Gasteiger partial charge in [0.2, 0.25) is 0 Å². The highest BCUT2D eigenvalue weighted by atomic mass is 16.5. The number of carboxylic acid groups (broad SMARTS) is 1. The molecule has 0 atom stereocenters. The fourth-order valence-corrected chi connectivity index (χ4v) is 2.61. The Kier molecular flexibility index (Phi) is 5.46. The van der Waals surface area contributed by atoms with Crippen molar-refractivity contribution in [2.75, 3.05) is 13.2 Å². The van der Waals surface area contributed by atoms with Gasteiger partial charge in [0.25, 0.3) is 5.91 Å². The molecule has 1 aliphatic rings. The van der Waals surface area contributed by atoms with E-state index in [1.165, 1.54) is 0 Å². The molecule has 1 saturated heterocycles. The van der Waals surface area contributed by atoms with Gasteiger partial charge in [-0.2, -0.15) is 0 Å². The van der Waals surface area contributed by atoms with Gasteiger partial charge in [-0.15, -0.1) is 0 Å². The van der Waals surface area contributed by atoms with Gasteiger partial charge in [-0.05, 0) is 54.7 Å². The van der Waals surface area contributed by atoms with Crippen molar-refractivity contribution in [3.8, 4) is 5.75 Å². The minimum atomic E-state index is -1.25. The van der Waals surface area contributed by atoms with Crippen LogP contribution in [0.3, 0.4) is 0 Å². The van der Waals surface area contributed by atoms with E-state index in [9.17, 15) is 14.4 Å². The van der Waals surface area contributed by atoms with E-state index < -0.39 is 24.5 Å². The molecule has 3 amide bonds. The second kappa shape index (κ2) is 7.38. The third kappa shape index (κ3) is 3.99. The Hall–Kier alpha value is -2.83. The van der Waals surface area contributed by atoms with Crippen LogP contribution in [0.2, 0.25) is 0 Å². The first-order valence-electron chi connectivity index (χ1n) is 8.08. The maximum atomic E-state index is 12.2. The Morgan fingerprint density at radius 3 is 2.60 bits per heavy atom. The predicted octanol–water partition coefficient (Wildman–Crippen LogP) is 2.49. The van der Waals surface area contributed by atoms with Gasteiger partial charge in [-0.25, -0.2) is 9.69 Å². The van der Waals surface area contributed by atoms with Crippen molar-refractivity contribution in [1.82, 2.24) is 10.2 Å². The van der Waals surface area contributed by atoms with Gasteiger partial charge in [0, 0.05) is 0 Å². The molecule has 7 nitrogen and oxygen atoms in total. The molecule has 0 bridgehead atoms. The molecule has 1 aromatic carbocycles. The van der Waals surface area contributed by atoms with Crippen molar-refractivity contribution in [2.24, 2.45) is 0 Å². The first kappa shape index (κ1) is 18.5. The van der Waals surface area contributed by atoms with Gasteiger partial charge in [-0.3, -0.25) is 9.59 Å². The molecule has 134 valence electrons. The van der Waals surface area contributed by atoms with Crippen LogP contribution in [0.4, 0.5) is 4.79 Å². The lowest BCUT2D eigenvalue weighted by molar-refractivity contribution is -0.140. The summed E-state index contributed by atoms with van der Waals surface area (Å²) in [5, 5.41) is 11.2. The number of aryl methyl sites for hydroxylation is 1. The summed E-state index contributed by atoms with van der Waals surface area (Å²) in [6.07, 6.45) is 1.57. The molecule has 0 radical (unpaired) electrons. The molecule has 0 aromatic heterocycles. The van der Waals surface area contributed by atoms with E-state index in [4.69, 9.17) is 9.84 Å². The van der Waals surface area contributed by atoms with Crippen molar-refractivity contribution in [1.29, 1.82) is 0 Å². The number of carbonyl (C=O) groups is 3. The Labute approximate surface area is 146 Å². The molecule has 1 fully saturated rings. The number of urea groups is 1. The zero-order valence-corrected chi connectivity index (χ0v) is 14.8. The number of nitrogens with one attached hydrogen (secondary N) is 1. The van der Waals surface area contributed by atoms with Crippen LogP contribution in [0.1, 0.15) is 43.4 Å². The Morgan fingerprint density at radius 1 is 1.36 bits per heavy atom. The van der Waals surface area contributed by atoms with Crippen LogP contribution in [0.25, 0.3) is 6.08 Å². The largest absolute Gasteiger partial charge is 0.494 e. The average molecular weight is 346 g/mol. The molecule has 7 heteroatoms. The maximum absolute atomic E-state index is 12.2. The van der Waals surface area contributed by atoms with Crippen LogP contribution in [0, 0.1) is 6.92 Å². The lowest BCUT2D eigenvalue weighted by Crippen LogP contribution is -2.35. The Bertz CT molecular complexity index is 752. The van der Waals surface area contributed by atoms with E-state index in [1.54, 1.807) is 6.08 Å². The zero-order chi connectivity index (χ0) is 18.7. The third-order valence-corrected chi connectivity index (χ3v) is 3.88. The van der Waals surface area contributed by atoms with Gasteiger partial charge in [-0.1, -0.05) is 13.8 Å². The number of ether oxygens (including phenoxy) is 1. The lowest BCUT2D eigenvalue weighted by Gasteiger charge is -2.16. The summed E-state index contributed by atoms with van der Waals surface area (Å²) < 4.78 is 5.67. The lowest BCUT2D eigenvalue weighted by atomic mass is 9.96. The van der Waals surface area contributed by atoms with Gasteiger partial charge in [0.1, 0.15) is 18.0 Å². The molecule has 2 N–H and O–H groups in total. The van der Waals surface area contributed by atoms with Gasteiger partial charge < -0.3 is 15.2 Å². The fourth-order valence-electron chi connectivity index (χ4n) is 2.61. The van der Waals surface area contributed by atoms with Crippen molar-refractivity contribution < 1.29 is 24.2 Å². The summed E-state index contributed by atoms with van der Waals surface area (Å²) in [4.78, 5) is 35.5. The first-order chi connectivity index (χ1) is 11.7. The monoisotopic (exact) mass is 346 g/mol. The number of benzene rings is 1. The number of hydrogen-bond donors (Lipinski definition) is 2. The fraction of sp³-hybridized carbons (Fsp3) is 0.389. The van der Waals surface area contributed by atoms with Crippen molar-refractivity contribution >= 4 is 24.0 Å². The predicted molar refractivity (Wildman–Crippen MR) is 92.3 cm³/mol. The zero-order valence-electron chi connectivity index (χ0n) is 14.8. The number of nitrogens with zero attached hydrogens (tertiary/aromatic N) is 1. The maximum Gasteiger partial charge on any atom is 0.329 e. The molecule has 0 saturated carbocycles. The van der Waals surface area contributed by atoms with Gasteiger partial charge >= 0.3 is 12.0 Å². The summed E-state index contributed by atoms with van der Waals surface area (Å²) >= 11 is 0. The van der Waals surface area contributed by atoms with E-state index >= 15 is 0 Å². The van der Waals surface area contributed by atoms with Gasteiger partial charge in [0.15, 0.2) is 0 Å². The number of rotatable bonds is 6. The third-order valence-electron chi connectivity index (χ3n) is 3.88. The minimum Gasteiger partial charge on any atom is -0.494 e. The number of hydrogen-bond acceptors (Lipinski definition) is 4. The van der Waals surface area contributed by atoms with Crippen LogP contribution >= 0.6 is 0 Å². The smallest absolute Gasteiger partial charge is 0.329 e. The van der Waals surface area contributed by atoms with E-state index in [-0.39, 0.29) is 11.6 Å². The molecule has 25 heavy (non-hydrogen) atoms. The highest BCUT2D eigenvalue weighted by Crippen LogP contribution is 2.31. The number of carboxylic acids is 1. The normalized spacial score (nSPS) is 15.9. The van der Waals surface area contributed by atoms with Crippen LogP contribution in [0.15, 0.2) is 17.8 Å². The summed E-state index contributed by atoms with van der Waals surface area (Å²) in [6.45, 7) is 7.77. The van der Waals surface area contributed by atoms with Crippen LogP contribution < -0.4 is 10.1 Å². The Balaban J connectivity index is 2.40. The molecule has 0 aliphatic carbocycles. The van der Waals surface area contributed by atoms with E-state index in [2.05, 4.69) is 5.32 Å². The second-order valence-corrected chi connectivity index (χ2v) is 6.11.